The van der Waals surface area contributed by atoms with Crippen molar-refractivity contribution in [3.05, 3.63) is 35.7 Å². The average Bonchev–Trinajstić information content (AvgIpc) is 3.20. The van der Waals surface area contributed by atoms with Gasteiger partial charge >= 0.3 is 0 Å². The van der Waals surface area contributed by atoms with Crippen LogP contribution in [0.15, 0.2) is 24.3 Å². The van der Waals surface area contributed by atoms with Crippen LogP contribution in [-0.4, -0.2) is 61.1 Å². The molecule has 0 amide bonds. The molecule has 3 rings (SSSR count). The molecule has 0 aliphatic carbocycles. The highest BCUT2D eigenvalue weighted by Crippen LogP contribution is 2.22. The SMILES string of the molecule is CCCCCCS(=O)(=O)N1CCN(c2nc(Cc3cccc(OC)c3)ns2)CC1. The molecule has 0 radical (unpaired) electrons. The zero-order valence-electron chi connectivity index (χ0n) is 17.2. The molecule has 7 nitrogen and oxygen atoms in total. The molecule has 0 saturated carbocycles. The zero-order valence-corrected chi connectivity index (χ0v) is 18.8. The molecule has 0 atom stereocenters. The number of rotatable bonds is 10. The number of unbranched alkanes of at least 4 members (excludes halogenated alkanes) is 3. The summed E-state index contributed by atoms with van der Waals surface area (Å²) in [6, 6.07) is 7.91. The number of hydrogen-bond acceptors (Lipinski definition) is 7. The van der Waals surface area contributed by atoms with Gasteiger partial charge in [0.25, 0.3) is 0 Å². The van der Waals surface area contributed by atoms with E-state index in [1.807, 2.05) is 24.3 Å². The van der Waals surface area contributed by atoms with Crippen LogP contribution in [0.1, 0.15) is 44.0 Å². The second-order valence-electron chi connectivity index (χ2n) is 7.28. The van der Waals surface area contributed by atoms with Crippen LogP contribution < -0.4 is 9.64 Å². The molecule has 0 bridgehead atoms. The number of sulfonamides is 1. The molecule has 0 spiro atoms. The van der Waals surface area contributed by atoms with Gasteiger partial charge in [-0.3, -0.25) is 0 Å². The molecule has 2 heterocycles. The van der Waals surface area contributed by atoms with Gasteiger partial charge in [-0.05, 0) is 24.1 Å². The number of piperazine rings is 1. The Morgan fingerprint density at radius 1 is 1.14 bits per heavy atom. The Kier molecular flexibility index (Phi) is 7.85. The quantitative estimate of drug-likeness (QED) is 0.531. The molecule has 0 unspecified atom stereocenters. The third-order valence-electron chi connectivity index (χ3n) is 5.11. The largest absolute Gasteiger partial charge is 0.497 e. The van der Waals surface area contributed by atoms with Gasteiger partial charge in [-0.25, -0.2) is 13.4 Å². The predicted octanol–water partition coefficient (Wildman–Crippen LogP) is 3.17. The lowest BCUT2D eigenvalue weighted by Crippen LogP contribution is -2.49. The molecule has 29 heavy (non-hydrogen) atoms. The van der Waals surface area contributed by atoms with E-state index in [4.69, 9.17) is 4.74 Å². The normalized spacial score (nSPS) is 15.6. The van der Waals surface area contributed by atoms with Crippen molar-refractivity contribution in [2.24, 2.45) is 0 Å². The first-order valence-corrected chi connectivity index (χ1v) is 12.6. The second kappa shape index (κ2) is 10.4. The zero-order chi connectivity index (χ0) is 20.7. The first kappa shape index (κ1) is 22.0. The minimum Gasteiger partial charge on any atom is -0.497 e. The molecule has 1 aliphatic heterocycles. The Bertz CT molecular complexity index is 877. The summed E-state index contributed by atoms with van der Waals surface area (Å²) in [4.78, 5) is 6.80. The van der Waals surface area contributed by atoms with Crippen LogP contribution in [0, 0.1) is 0 Å². The molecule has 1 aliphatic rings. The van der Waals surface area contributed by atoms with Crippen LogP contribution >= 0.6 is 11.5 Å². The fourth-order valence-corrected chi connectivity index (χ4v) is 5.69. The average molecular weight is 439 g/mol. The maximum atomic E-state index is 12.5. The third-order valence-corrected chi connectivity index (χ3v) is 7.88. The Morgan fingerprint density at radius 3 is 2.66 bits per heavy atom. The van der Waals surface area contributed by atoms with Crippen molar-refractivity contribution in [1.29, 1.82) is 0 Å². The first-order chi connectivity index (χ1) is 14.0. The molecule has 1 saturated heterocycles. The van der Waals surface area contributed by atoms with E-state index in [9.17, 15) is 8.42 Å². The van der Waals surface area contributed by atoms with E-state index >= 15 is 0 Å². The van der Waals surface area contributed by atoms with Crippen LogP contribution in [0.25, 0.3) is 0 Å². The molecule has 1 aromatic carbocycles. The van der Waals surface area contributed by atoms with Gasteiger partial charge in [0.05, 0.1) is 12.9 Å². The summed E-state index contributed by atoms with van der Waals surface area (Å²) < 4.78 is 36.4. The van der Waals surface area contributed by atoms with Crippen molar-refractivity contribution in [3.63, 3.8) is 0 Å². The van der Waals surface area contributed by atoms with Gasteiger partial charge < -0.3 is 9.64 Å². The Labute approximate surface area is 177 Å². The summed E-state index contributed by atoms with van der Waals surface area (Å²) in [7, 11) is -1.49. The lowest BCUT2D eigenvalue weighted by molar-refractivity contribution is 0.383. The standard InChI is InChI=1S/C20H30N4O3S2/c1-3-4-5-6-14-29(25,26)24-12-10-23(11-13-24)20-21-19(22-28-20)16-17-8-7-9-18(15-17)27-2/h7-9,15H,3-6,10-14,16H2,1-2H3. The lowest BCUT2D eigenvalue weighted by Gasteiger charge is -2.33. The molecular weight excluding hydrogens is 408 g/mol. The van der Waals surface area contributed by atoms with Gasteiger partial charge in [-0.15, -0.1) is 0 Å². The number of ether oxygens (including phenoxy) is 1. The van der Waals surface area contributed by atoms with E-state index in [1.54, 1.807) is 11.4 Å². The minimum atomic E-state index is -3.15. The van der Waals surface area contributed by atoms with E-state index in [0.717, 1.165) is 48.0 Å². The second-order valence-corrected chi connectivity index (χ2v) is 10.1. The molecule has 1 fully saturated rings. The van der Waals surface area contributed by atoms with Crippen molar-refractivity contribution >= 4 is 26.7 Å². The fraction of sp³-hybridized carbons (Fsp3) is 0.600. The van der Waals surface area contributed by atoms with Crippen molar-refractivity contribution in [1.82, 2.24) is 13.7 Å². The van der Waals surface area contributed by atoms with Crippen LogP contribution in [0.5, 0.6) is 5.75 Å². The third kappa shape index (κ3) is 6.13. The monoisotopic (exact) mass is 438 g/mol. The Balaban J connectivity index is 1.52. The van der Waals surface area contributed by atoms with E-state index in [0.29, 0.717) is 32.6 Å². The van der Waals surface area contributed by atoms with E-state index < -0.39 is 10.0 Å². The molecule has 9 heteroatoms. The van der Waals surface area contributed by atoms with Crippen LogP contribution in [0.2, 0.25) is 0 Å². The summed E-state index contributed by atoms with van der Waals surface area (Å²) in [5.74, 6) is 1.87. The minimum absolute atomic E-state index is 0.260. The van der Waals surface area contributed by atoms with Gasteiger partial charge in [-0.2, -0.15) is 8.68 Å². The summed E-state index contributed by atoms with van der Waals surface area (Å²) >= 11 is 1.38. The van der Waals surface area contributed by atoms with Crippen molar-refractivity contribution < 1.29 is 13.2 Å². The number of nitrogens with zero attached hydrogens (tertiary/aromatic N) is 4. The Morgan fingerprint density at radius 2 is 1.93 bits per heavy atom. The Hall–Kier alpha value is -1.71. The highest BCUT2D eigenvalue weighted by molar-refractivity contribution is 7.89. The van der Waals surface area contributed by atoms with Gasteiger partial charge in [-0.1, -0.05) is 38.3 Å². The van der Waals surface area contributed by atoms with Crippen molar-refractivity contribution in [2.45, 2.75) is 39.0 Å². The smallest absolute Gasteiger partial charge is 0.214 e. The lowest BCUT2D eigenvalue weighted by atomic mass is 10.1. The number of aromatic nitrogens is 2. The van der Waals surface area contributed by atoms with E-state index in [1.165, 1.54) is 11.5 Å². The number of anilines is 1. The molecular formula is C20H30N4O3S2. The van der Waals surface area contributed by atoms with Gasteiger partial charge in [0.1, 0.15) is 11.6 Å². The molecule has 0 N–H and O–H groups in total. The molecule has 160 valence electrons. The van der Waals surface area contributed by atoms with Gasteiger partial charge in [0, 0.05) is 44.1 Å². The summed E-state index contributed by atoms with van der Waals surface area (Å²) in [6.45, 7) is 4.47. The van der Waals surface area contributed by atoms with Crippen molar-refractivity contribution in [3.8, 4) is 5.75 Å². The number of methoxy groups -OCH3 is 1. The first-order valence-electron chi connectivity index (χ1n) is 10.2. The summed E-state index contributed by atoms with van der Waals surface area (Å²) in [5.41, 5.74) is 1.10. The van der Waals surface area contributed by atoms with E-state index in [-0.39, 0.29) is 5.75 Å². The number of benzene rings is 1. The maximum Gasteiger partial charge on any atom is 0.214 e. The van der Waals surface area contributed by atoms with Crippen LogP contribution in [0.3, 0.4) is 0 Å². The summed E-state index contributed by atoms with van der Waals surface area (Å²) in [6.07, 6.45) is 4.59. The molecule has 1 aromatic heterocycles. The fourth-order valence-electron chi connectivity index (χ4n) is 3.41. The van der Waals surface area contributed by atoms with E-state index in [2.05, 4.69) is 21.2 Å². The van der Waals surface area contributed by atoms with Crippen molar-refractivity contribution in [2.75, 3.05) is 43.9 Å². The number of hydrogen-bond donors (Lipinski definition) is 0. The van der Waals surface area contributed by atoms with Crippen LogP contribution in [0.4, 0.5) is 5.13 Å². The van der Waals surface area contributed by atoms with Gasteiger partial charge in [0.15, 0.2) is 0 Å². The topological polar surface area (TPSA) is 75.6 Å². The highest BCUT2D eigenvalue weighted by Gasteiger charge is 2.27. The summed E-state index contributed by atoms with van der Waals surface area (Å²) in [5, 5.41) is 0.864. The van der Waals surface area contributed by atoms with Gasteiger partial charge in [0.2, 0.25) is 15.2 Å². The highest BCUT2D eigenvalue weighted by atomic mass is 32.2. The molecule has 2 aromatic rings. The van der Waals surface area contributed by atoms with Crippen LogP contribution in [-0.2, 0) is 16.4 Å². The maximum absolute atomic E-state index is 12.5. The predicted molar refractivity (Wildman–Crippen MR) is 117 cm³/mol.